The molecule has 0 saturated carbocycles. The molecule has 1 aliphatic rings. The summed E-state index contributed by atoms with van der Waals surface area (Å²) in [6.45, 7) is 0.895. The maximum atomic E-state index is 6.51. The van der Waals surface area contributed by atoms with E-state index < -0.39 is 5.79 Å². The van der Waals surface area contributed by atoms with Crippen molar-refractivity contribution in [3.63, 3.8) is 0 Å². The van der Waals surface area contributed by atoms with Crippen LogP contribution in [0.3, 0.4) is 0 Å². The lowest BCUT2D eigenvalue weighted by Crippen LogP contribution is -2.35. The highest BCUT2D eigenvalue weighted by atomic mass is 35.5. The molecular formula is C22H20Cl2N6O3S. The fourth-order valence-corrected chi connectivity index (χ4v) is 4.75. The van der Waals surface area contributed by atoms with Crippen molar-refractivity contribution in [2.24, 2.45) is 0 Å². The lowest BCUT2D eigenvalue weighted by atomic mass is 10.1. The topological polar surface area (TPSA) is 89.1 Å². The minimum Gasteiger partial charge on any atom is -0.491 e. The van der Waals surface area contributed by atoms with E-state index in [0.29, 0.717) is 34.6 Å². The van der Waals surface area contributed by atoms with E-state index in [9.17, 15) is 0 Å². The van der Waals surface area contributed by atoms with Gasteiger partial charge in [-0.05, 0) is 42.7 Å². The molecule has 12 heteroatoms. The molecule has 2 aromatic carbocycles. The average molecular weight is 519 g/mol. The summed E-state index contributed by atoms with van der Waals surface area (Å²) in [6, 6.07) is 12.9. The summed E-state index contributed by atoms with van der Waals surface area (Å²) in [7, 11) is 0. The number of hydrogen-bond donors (Lipinski definition) is 0. The number of rotatable bonds is 8. The minimum atomic E-state index is -1.14. The Morgan fingerprint density at radius 3 is 2.76 bits per heavy atom. The number of ether oxygens (including phenoxy) is 3. The molecule has 3 heterocycles. The predicted octanol–water partition coefficient (Wildman–Crippen LogP) is 4.23. The van der Waals surface area contributed by atoms with Crippen molar-refractivity contribution >= 4 is 35.0 Å². The Bertz CT molecular complexity index is 1250. The summed E-state index contributed by atoms with van der Waals surface area (Å²) in [5.74, 6) is -0.431. The Kier molecular flexibility index (Phi) is 6.75. The van der Waals surface area contributed by atoms with E-state index in [1.54, 1.807) is 35.5 Å². The molecule has 0 aliphatic carbocycles. The van der Waals surface area contributed by atoms with Gasteiger partial charge in [0, 0.05) is 16.3 Å². The summed E-state index contributed by atoms with van der Waals surface area (Å²) in [4.78, 5) is 4.01. The van der Waals surface area contributed by atoms with E-state index in [-0.39, 0.29) is 12.6 Å². The van der Waals surface area contributed by atoms with Gasteiger partial charge in [-0.3, -0.25) is 4.57 Å². The monoisotopic (exact) mass is 518 g/mol. The molecule has 1 fully saturated rings. The number of aromatic nitrogens is 6. The highest BCUT2D eigenvalue weighted by molar-refractivity contribution is 7.98. The summed E-state index contributed by atoms with van der Waals surface area (Å²) >= 11 is 14.1. The molecular weight excluding hydrogens is 499 g/mol. The van der Waals surface area contributed by atoms with Gasteiger partial charge in [0.2, 0.25) is 5.79 Å². The summed E-state index contributed by atoms with van der Waals surface area (Å²) in [6.07, 6.45) is 6.38. The third-order valence-corrected chi connectivity index (χ3v) is 6.48. The van der Waals surface area contributed by atoms with Crippen LogP contribution in [0.2, 0.25) is 10.0 Å². The Hall–Kier alpha value is -2.63. The first-order chi connectivity index (χ1) is 16.6. The summed E-state index contributed by atoms with van der Waals surface area (Å²) in [5.41, 5.74) is 1.62. The third kappa shape index (κ3) is 4.77. The molecule has 0 radical (unpaired) electrons. The first kappa shape index (κ1) is 23.1. The van der Waals surface area contributed by atoms with E-state index in [2.05, 4.69) is 20.3 Å². The molecule has 4 aromatic rings. The smallest absolute Gasteiger partial charge is 0.217 e. The molecule has 1 aliphatic heterocycles. The van der Waals surface area contributed by atoms with Gasteiger partial charge in [-0.25, -0.2) is 9.67 Å². The quantitative estimate of drug-likeness (QED) is 0.320. The van der Waals surface area contributed by atoms with Crippen molar-refractivity contribution in [1.82, 2.24) is 29.5 Å². The molecule has 9 nitrogen and oxygen atoms in total. The Labute approximate surface area is 210 Å². The van der Waals surface area contributed by atoms with Gasteiger partial charge in [0.25, 0.3) is 0 Å². The molecule has 0 spiro atoms. The summed E-state index contributed by atoms with van der Waals surface area (Å²) < 4.78 is 22.1. The fraction of sp³-hybridized carbons (Fsp3) is 0.273. The van der Waals surface area contributed by atoms with Gasteiger partial charge < -0.3 is 14.2 Å². The number of halogens is 2. The third-order valence-electron chi connectivity index (χ3n) is 5.29. The van der Waals surface area contributed by atoms with Crippen LogP contribution in [0.25, 0.3) is 5.69 Å². The highest BCUT2D eigenvalue weighted by Crippen LogP contribution is 2.40. The molecule has 34 heavy (non-hydrogen) atoms. The molecule has 5 rings (SSSR count). The normalized spacial score (nSPS) is 20.0. The van der Waals surface area contributed by atoms with Crippen LogP contribution in [0.5, 0.6) is 5.75 Å². The van der Waals surface area contributed by atoms with E-state index in [0.717, 1.165) is 10.8 Å². The maximum Gasteiger partial charge on any atom is 0.217 e. The number of hydrogen-bond acceptors (Lipinski definition) is 8. The summed E-state index contributed by atoms with van der Waals surface area (Å²) in [5, 5.41) is 14.0. The molecule has 176 valence electrons. The van der Waals surface area contributed by atoms with Gasteiger partial charge in [0.05, 0.1) is 11.6 Å². The SMILES string of the molecule is CSc1nncn1-c1ccc(OCC2COC(Cn3cncn3)(c3ccc(Cl)cc3Cl)O2)cc1. The van der Waals surface area contributed by atoms with Gasteiger partial charge in [0.1, 0.15) is 44.0 Å². The number of benzene rings is 2. The van der Waals surface area contributed by atoms with E-state index in [4.69, 9.17) is 37.4 Å². The number of thioether (sulfide) groups is 1. The zero-order chi connectivity index (χ0) is 23.5. The number of nitrogens with zero attached hydrogens (tertiary/aromatic N) is 6. The van der Waals surface area contributed by atoms with Crippen molar-refractivity contribution in [3.05, 3.63) is 77.1 Å². The van der Waals surface area contributed by atoms with Crippen LogP contribution in [0, 0.1) is 0 Å². The van der Waals surface area contributed by atoms with Crippen molar-refractivity contribution < 1.29 is 14.2 Å². The van der Waals surface area contributed by atoms with Crippen LogP contribution in [-0.4, -0.2) is 55.1 Å². The van der Waals surface area contributed by atoms with Crippen LogP contribution in [0.15, 0.2) is 66.6 Å². The van der Waals surface area contributed by atoms with Gasteiger partial charge in [-0.2, -0.15) is 5.10 Å². The predicted molar refractivity (Wildman–Crippen MR) is 128 cm³/mol. The molecule has 2 atom stereocenters. The molecule has 0 N–H and O–H groups in total. The van der Waals surface area contributed by atoms with E-state index in [1.807, 2.05) is 35.1 Å². The zero-order valence-electron chi connectivity index (χ0n) is 18.0. The van der Waals surface area contributed by atoms with Crippen molar-refractivity contribution in [2.45, 2.75) is 23.6 Å². The van der Waals surface area contributed by atoms with Crippen LogP contribution in [0.1, 0.15) is 5.56 Å². The van der Waals surface area contributed by atoms with Gasteiger partial charge in [0.15, 0.2) is 5.16 Å². The van der Waals surface area contributed by atoms with Crippen LogP contribution >= 0.6 is 35.0 Å². The van der Waals surface area contributed by atoms with E-state index >= 15 is 0 Å². The molecule has 2 aromatic heterocycles. The molecule has 0 bridgehead atoms. The van der Waals surface area contributed by atoms with Crippen LogP contribution in [0.4, 0.5) is 0 Å². The van der Waals surface area contributed by atoms with Crippen molar-refractivity contribution in [1.29, 1.82) is 0 Å². The van der Waals surface area contributed by atoms with E-state index in [1.165, 1.54) is 18.1 Å². The molecule has 1 saturated heterocycles. The second kappa shape index (κ2) is 9.93. The molecule has 2 unspecified atom stereocenters. The van der Waals surface area contributed by atoms with Crippen LogP contribution < -0.4 is 4.74 Å². The lowest BCUT2D eigenvalue weighted by molar-refractivity contribution is -0.190. The fourth-order valence-electron chi connectivity index (χ4n) is 3.72. The second-order valence-electron chi connectivity index (χ2n) is 7.51. The average Bonchev–Trinajstić information content (AvgIpc) is 3.60. The Morgan fingerprint density at radius 1 is 1.18 bits per heavy atom. The first-order valence-corrected chi connectivity index (χ1v) is 12.3. The van der Waals surface area contributed by atoms with Gasteiger partial charge >= 0.3 is 0 Å². The van der Waals surface area contributed by atoms with Crippen LogP contribution in [-0.2, 0) is 21.8 Å². The van der Waals surface area contributed by atoms with Gasteiger partial charge in [-0.15, -0.1) is 10.2 Å². The standard InChI is InChI=1S/C22H20Cl2N6O3S/c1-34-21-28-26-14-30(21)16-3-5-17(6-4-16)31-9-18-10-32-22(33-18,11-29-13-25-12-27-29)19-7-2-15(23)8-20(19)24/h2-8,12-14,18H,9-11H2,1H3. The molecule has 0 amide bonds. The minimum absolute atomic E-state index is 0.274. The highest BCUT2D eigenvalue weighted by Gasteiger charge is 2.45. The zero-order valence-corrected chi connectivity index (χ0v) is 20.4. The first-order valence-electron chi connectivity index (χ1n) is 10.3. The second-order valence-corrected chi connectivity index (χ2v) is 9.13. The van der Waals surface area contributed by atoms with Gasteiger partial charge in [-0.1, -0.05) is 41.0 Å². The lowest BCUT2D eigenvalue weighted by Gasteiger charge is -2.29. The Balaban J connectivity index is 1.29. The van der Waals surface area contributed by atoms with Crippen molar-refractivity contribution in [3.8, 4) is 11.4 Å². The van der Waals surface area contributed by atoms with Crippen molar-refractivity contribution in [2.75, 3.05) is 19.5 Å². The maximum absolute atomic E-state index is 6.51. The largest absolute Gasteiger partial charge is 0.491 e. The Morgan fingerprint density at radius 2 is 2.03 bits per heavy atom.